The van der Waals surface area contributed by atoms with Gasteiger partial charge in [0, 0.05) is 4.88 Å². The number of hydrogen-bond acceptors (Lipinski definition) is 2. The maximum absolute atomic E-state index is 12.1. The lowest BCUT2D eigenvalue weighted by molar-refractivity contribution is -0.0684. The summed E-state index contributed by atoms with van der Waals surface area (Å²) < 4.78 is 36.2. The Kier molecular flexibility index (Phi) is 2.56. The fourth-order valence-corrected chi connectivity index (χ4v) is 1.53. The number of carbonyl (C=O) groups excluding carboxylic acids is 1. The number of alkyl halides is 3. The normalized spacial score (nSPS) is 11.3. The molecule has 1 nitrogen and oxygen atoms in total. The second kappa shape index (κ2) is 3.33. The first kappa shape index (κ1) is 9.98. The molecule has 0 aliphatic rings. The van der Waals surface area contributed by atoms with Crippen molar-refractivity contribution in [2.75, 3.05) is 0 Å². The Morgan fingerprint density at radius 1 is 1.46 bits per heavy atom. The van der Waals surface area contributed by atoms with Crippen molar-refractivity contribution in [2.45, 2.75) is 6.18 Å². The van der Waals surface area contributed by atoms with Crippen molar-refractivity contribution in [3.63, 3.8) is 0 Å². The molecule has 0 aliphatic carbocycles. The van der Waals surface area contributed by atoms with E-state index in [1.54, 1.807) is 0 Å². The molecule has 1 rings (SSSR count). The summed E-state index contributed by atoms with van der Waals surface area (Å²) in [7, 11) is 0. The molecule has 0 atom stereocenters. The lowest BCUT2D eigenvalue weighted by atomic mass is 10.2. The Hall–Kier alpha value is -1.10. The van der Waals surface area contributed by atoms with Gasteiger partial charge in [-0.25, -0.2) is 0 Å². The van der Waals surface area contributed by atoms with Gasteiger partial charge < -0.3 is 0 Å². The van der Waals surface area contributed by atoms with Crippen LogP contribution < -0.4 is 0 Å². The second-order valence-electron chi connectivity index (χ2n) is 2.30. The van der Waals surface area contributed by atoms with E-state index in [2.05, 4.69) is 6.58 Å². The third-order valence-electron chi connectivity index (χ3n) is 1.38. The van der Waals surface area contributed by atoms with Gasteiger partial charge in [0.25, 0.3) is 0 Å². The summed E-state index contributed by atoms with van der Waals surface area (Å²) in [6.07, 6.45) is -3.91. The molecule has 70 valence electrons. The summed E-state index contributed by atoms with van der Waals surface area (Å²) in [6.45, 7) is 2.91. The molecule has 0 bridgehead atoms. The molecule has 0 radical (unpaired) electrons. The van der Waals surface area contributed by atoms with Crippen LogP contribution in [-0.2, 0) is 0 Å². The van der Waals surface area contributed by atoms with E-state index in [9.17, 15) is 18.0 Å². The number of hydrogen-bond donors (Lipinski definition) is 0. The van der Waals surface area contributed by atoms with E-state index >= 15 is 0 Å². The number of aldehydes is 1. The van der Waals surface area contributed by atoms with Gasteiger partial charge in [-0.05, 0) is 12.1 Å². The first-order valence-corrected chi connectivity index (χ1v) is 4.08. The Labute approximate surface area is 76.5 Å². The van der Waals surface area contributed by atoms with Gasteiger partial charge in [0.15, 0.2) is 6.29 Å². The largest absolute Gasteiger partial charge is 0.417 e. The Balaban J connectivity index is 2.96. The predicted molar refractivity (Wildman–Crippen MR) is 44.8 cm³/mol. The third-order valence-corrected chi connectivity index (χ3v) is 2.45. The lowest BCUT2D eigenvalue weighted by Gasteiger charge is -2.06. The highest BCUT2D eigenvalue weighted by Gasteiger charge is 2.33. The lowest BCUT2D eigenvalue weighted by Crippen LogP contribution is -2.07. The number of rotatable bonds is 2. The predicted octanol–water partition coefficient (Wildman–Crippen LogP) is 3.14. The summed E-state index contributed by atoms with van der Waals surface area (Å²) in [6, 6.07) is 2.58. The minimum absolute atomic E-state index is 0.0189. The van der Waals surface area contributed by atoms with Gasteiger partial charge in [-0.2, -0.15) is 13.2 Å². The fraction of sp³-hybridized carbons (Fsp3) is 0.125. The fourth-order valence-electron chi connectivity index (χ4n) is 0.718. The third kappa shape index (κ3) is 2.18. The summed E-state index contributed by atoms with van der Waals surface area (Å²) in [5.74, 6) is 0. The zero-order valence-corrected chi connectivity index (χ0v) is 7.21. The van der Waals surface area contributed by atoms with Crippen LogP contribution in [0.5, 0.6) is 0 Å². The number of carbonyl (C=O) groups is 1. The summed E-state index contributed by atoms with van der Waals surface area (Å²) in [5.41, 5.74) is -0.911. The first-order valence-electron chi connectivity index (χ1n) is 3.26. The minimum Gasteiger partial charge on any atom is -0.297 e. The van der Waals surface area contributed by atoms with Crippen molar-refractivity contribution < 1.29 is 18.0 Å². The molecule has 1 aromatic heterocycles. The average molecular weight is 206 g/mol. The van der Waals surface area contributed by atoms with Gasteiger partial charge >= 0.3 is 6.18 Å². The first-order chi connectivity index (χ1) is 5.95. The number of allylic oxidation sites excluding steroid dienone is 1. The number of thiophene rings is 1. The van der Waals surface area contributed by atoms with Gasteiger partial charge in [-0.3, -0.25) is 4.79 Å². The Morgan fingerprint density at radius 2 is 2.08 bits per heavy atom. The molecule has 0 aromatic carbocycles. The molecule has 1 heterocycles. The van der Waals surface area contributed by atoms with Crippen LogP contribution in [0.2, 0.25) is 0 Å². The van der Waals surface area contributed by atoms with Crippen LogP contribution in [0.1, 0.15) is 14.5 Å². The van der Waals surface area contributed by atoms with Gasteiger partial charge in [-0.1, -0.05) is 6.58 Å². The van der Waals surface area contributed by atoms with Crippen molar-refractivity contribution in [1.29, 1.82) is 0 Å². The molecule has 13 heavy (non-hydrogen) atoms. The minimum atomic E-state index is -4.43. The van der Waals surface area contributed by atoms with E-state index in [1.807, 2.05) is 0 Å². The standard InChI is InChI=1S/C8H5F3OS/c1-5(8(9,10)11)7-3-2-6(4-12)13-7/h2-4H,1H2. The highest BCUT2D eigenvalue weighted by Crippen LogP contribution is 2.35. The SMILES string of the molecule is C=C(c1ccc(C=O)s1)C(F)(F)F. The van der Waals surface area contributed by atoms with Crippen LogP contribution in [0.4, 0.5) is 13.2 Å². The van der Waals surface area contributed by atoms with E-state index in [0.29, 0.717) is 6.29 Å². The van der Waals surface area contributed by atoms with E-state index in [-0.39, 0.29) is 9.75 Å². The van der Waals surface area contributed by atoms with Crippen LogP contribution in [0, 0.1) is 0 Å². The molecule has 0 spiro atoms. The van der Waals surface area contributed by atoms with Gasteiger partial charge in [-0.15, -0.1) is 11.3 Å². The van der Waals surface area contributed by atoms with Crippen LogP contribution in [0.3, 0.4) is 0 Å². The molecule has 0 saturated carbocycles. The summed E-state index contributed by atoms with van der Waals surface area (Å²) >= 11 is 0.780. The van der Waals surface area contributed by atoms with E-state index in [0.717, 1.165) is 11.3 Å². The van der Waals surface area contributed by atoms with Crippen LogP contribution in [0.15, 0.2) is 18.7 Å². The molecule has 0 aliphatic heterocycles. The van der Waals surface area contributed by atoms with Crippen molar-refractivity contribution in [3.05, 3.63) is 28.5 Å². The smallest absolute Gasteiger partial charge is 0.297 e. The van der Waals surface area contributed by atoms with Crippen molar-refractivity contribution in [2.24, 2.45) is 0 Å². The monoisotopic (exact) mass is 206 g/mol. The van der Waals surface area contributed by atoms with E-state index in [4.69, 9.17) is 0 Å². The highest BCUT2D eigenvalue weighted by molar-refractivity contribution is 7.14. The molecular weight excluding hydrogens is 201 g/mol. The molecule has 5 heteroatoms. The topological polar surface area (TPSA) is 17.1 Å². The molecule has 0 amide bonds. The molecule has 0 N–H and O–H groups in total. The average Bonchev–Trinajstić information content (AvgIpc) is 2.48. The zero-order valence-electron chi connectivity index (χ0n) is 6.39. The molecule has 1 aromatic rings. The van der Waals surface area contributed by atoms with Gasteiger partial charge in [0.2, 0.25) is 0 Å². The molecular formula is C8H5F3OS. The molecule has 0 saturated heterocycles. The maximum Gasteiger partial charge on any atom is 0.417 e. The van der Waals surface area contributed by atoms with E-state index in [1.165, 1.54) is 12.1 Å². The van der Waals surface area contributed by atoms with Crippen LogP contribution in [0.25, 0.3) is 5.57 Å². The molecule has 0 fully saturated rings. The summed E-state index contributed by atoms with van der Waals surface area (Å²) in [4.78, 5) is 10.4. The summed E-state index contributed by atoms with van der Waals surface area (Å²) in [5, 5.41) is 0. The number of halogens is 3. The van der Waals surface area contributed by atoms with Crippen molar-refractivity contribution >= 4 is 23.2 Å². The van der Waals surface area contributed by atoms with Gasteiger partial charge in [0.05, 0.1) is 10.5 Å². The Morgan fingerprint density at radius 3 is 2.46 bits per heavy atom. The Bertz CT molecular complexity index is 337. The van der Waals surface area contributed by atoms with Crippen molar-refractivity contribution in [1.82, 2.24) is 0 Å². The van der Waals surface area contributed by atoms with E-state index < -0.39 is 11.7 Å². The van der Waals surface area contributed by atoms with Crippen molar-refractivity contribution in [3.8, 4) is 0 Å². The second-order valence-corrected chi connectivity index (χ2v) is 3.41. The highest BCUT2D eigenvalue weighted by atomic mass is 32.1. The van der Waals surface area contributed by atoms with Gasteiger partial charge in [0.1, 0.15) is 0 Å². The van der Waals surface area contributed by atoms with Crippen LogP contribution >= 0.6 is 11.3 Å². The van der Waals surface area contributed by atoms with Crippen LogP contribution in [-0.4, -0.2) is 12.5 Å². The maximum atomic E-state index is 12.1. The molecule has 0 unspecified atom stereocenters. The quantitative estimate of drug-likeness (QED) is 0.679. The zero-order chi connectivity index (χ0) is 10.1.